The number of fused-ring (bicyclic) bond motifs is 1. The monoisotopic (exact) mass is 389 g/mol. The Kier molecular flexibility index (Phi) is 5.42. The average molecular weight is 389 g/mol. The standard InChI is InChI=1S/C23H23N3O3/c1-2-16-11-13-17(14-12-16)24-21(27)15-29-23(28)22-19-9-6-10-20(19)26(25-22)18-7-4-3-5-8-18/h3-5,7-8,11-14H,2,6,9-10,15H2,1H3,(H,24,27). The molecule has 6 heteroatoms. The number of rotatable bonds is 6. The summed E-state index contributed by atoms with van der Waals surface area (Å²) in [5.74, 6) is -0.934. The third kappa shape index (κ3) is 4.06. The third-order valence-corrected chi connectivity index (χ3v) is 5.10. The number of nitrogens with zero attached hydrogens (tertiary/aromatic N) is 2. The summed E-state index contributed by atoms with van der Waals surface area (Å²) in [4.78, 5) is 24.8. The molecule has 1 heterocycles. The number of benzene rings is 2. The molecule has 0 spiro atoms. The van der Waals surface area contributed by atoms with Crippen LogP contribution < -0.4 is 5.32 Å². The van der Waals surface area contributed by atoms with Gasteiger partial charge in [0.25, 0.3) is 5.91 Å². The van der Waals surface area contributed by atoms with E-state index in [0.717, 1.165) is 42.6 Å². The lowest BCUT2D eigenvalue weighted by atomic mass is 10.1. The number of hydrogen-bond donors (Lipinski definition) is 1. The van der Waals surface area contributed by atoms with Crippen molar-refractivity contribution >= 4 is 17.6 Å². The van der Waals surface area contributed by atoms with Gasteiger partial charge in [0.05, 0.1) is 5.69 Å². The fourth-order valence-corrected chi connectivity index (χ4v) is 3.60. The van der Waals surface area contributed by atoms with E-state index in [4.69, 9.17) is 4.74 Å². The zero-order valence-corrected chi connectivity index (χ0v) is 16.4. The van der Waals surface area contributed by atoms with Crippen LogP contribution in [0.4, 0.5) is 5.69 Å². The number of ether oxygens (including phenoxy) is 1. The minimum Gasteiger partial charge on any atom is -0.451 e. The molecular weight excluding hydrogens is 366 g/mol. The number of hydrogen-bond acceptors (Lipinski definition) is 4. The van der Waals surface area contributed by atoms with Crippen molar-refractivity contribution in [2.45, 2.75) is 32.6 Å². The number of anilines is 1. The van der Waals surface area contributed by atoms with Gasteiger partial charge in [-0.2, -0.15) is 5.10 Å². The second-order valence-corrected chi connectivity index (χ2v) is 7.05. The van der Waals surface area contributed by atoms with Gasteiger partial charge in [0, 0.05) is 16.9 Å². The maximum absolute atomic E-state index is 12.6. The van der Waals surface area contributed by atoms with Crippen molar-refractivity contribution in [1.29, 1.82) is 0 Å². The number of aryl methyl sites for hydroxylation is 1. The molecule has 0 unspecified atom stereocenters. The van der Waals surface area contributed by atoms with Gasteiger partial charge in [0.1, 0.15) is 0 Å². The van der Waals surface area contributed by atoms with Gasteiger partial charge in [-0.1, -0.05) is 37.3 Å². The molecule has 148 valence electrons. The van der Waals surface area contributed by atoms with Gasteiger partial charge in [0.2, 0.25) is 0 Å². The van der Waals surface area contributed by atoms with Crippen LogP contribution in [-0.2, 0) is 28.8 Å². The lowest BCUT2D eigenvalue weighted by Crippen LogP contribution is -2.21. The number of carbonyl (C=O) groups excluding carboxylic acids is 2. The molecule has 0 saturated carbocycles. The second kappa shape index (κ2) is 8.31. The summed E-state index contributed by atoms with van der Waals surface area (Å²) in [5.41, 5.74) is 5.06. The minimum absolute atomic E-state index is 0.307. The van der Waals surface area contributed by atoms with Crippen molar-refractivity contribution in [3.8, 4) is 5.69 Å². The Labute approximate surface area is 169 Å². The molecule has 29 heavy (non-hydrogen) atoms. The summed E-state index contributed by atoms with van der Waals surface area (Å²) in [6, 6.07) is 17.3. The predicted molar refractivity (Wildman–Crippen MR) is 110 cm³/mol. The lowest BCUT2D eigenvalue weighted by molar-refractivity contribution is -0.119. The highest BCUT2D eigenvalue weighted by molar-refractivity contribution is 5.95. The summed E-state index contributed by atoms with van der Waals surface area (Å²) >= 11 is 0. The Morgan fingerprint density at radius 3 is 2.55 bits per heavy atom. The molecule has 2 aromatic carbocycles. The van der Waals surface area contributed by atoms with Gasteiger partial charge in [-0.3, -0.25) is 4.79 Å². The van der Waals surface area contributed by atoms with Gasteiger partial charge in [0.15, 0.2) is 12.3 Å². The molecule has 0 saturated heterocycles. The number of aromatic nitrogens is 2. The van der Waals surface area contributed by atoms with Gasteiger partial charge in [-0.05, 0) is 55.5 Å². The zero-order chi connectivity index (χ0) is 20.2. The van der Waals surface area contributed by atoms with Crippen molar-refractivity contribution in [2.75, 3.05) is 11.9 Å². The van der Waals surface area contributed by atoms with E-state index in [1.54, 1.807) is 0 Å². The van der Waals surface area contributed by atoms with Crippen molar-refractivity contribution in [1.82, 2.24) is 9.78 Å². The van der Waals surface area contributed by atoms with E-state index in [2.05, 4.69) is 17.3 Å². The summed E-state index contributed by atoms with van der Waals surface area (Å²) in [6.45, 7) is 1.73. The molecule has 0 fully saturated rings. The summed E-state index contributed by atoms with van der Waals surface area (Å²) in [6.07, 6.45) is 3.58. The molecule has 1 N–H and O–H groups in total. The number of amides is 1. The smallest absolute Gasteiger partial charge is 0.359 e. The van der Waals surface area contributed by atoms with Crippen LogP contribution >= 0.6 is 0 Å². The fraction of sp³-hybridized carbons (Fsp3) is 0.261. The maximum atomic E-state index is 12.6. The first-order valence-electron chi connectivity index (χ1n) is 9.88. The molecule has 6 nitrogen and oxygen atoms in total. The molecule has 3 aromatic rings. The maximum Gasteiger partial charge on any atom is 0.359 e. The zero-order valence-electron chi connectivity index (χ0n) is 16.4. The van der Waals surface area contributed by atoms with E-state index < -0.39 is 5.97 Å². The van der Waals surface area contributed by atoms with Crippen LogP contribution in [0.15, 0.2) is 54.6 Å². The van der Waals surface area contributed by atoms with E-state index in [9.17, 15) is 9.59 Å². The van der Waals surface area contributed by atoms with Crippen LogP contribution in [0.2, 0.25) is 0 Å². The Balaban J connectivity index is 1.43. The molecule has 1 aromatic heterocycles. The largest absolute Gasteiger partial charge is 0.451 e. The number of nitrogens with one attached hydrogen (secondary N) is 1. The summed E-state index contributed by atoms with van der Waals surface area (Å²) in [5, 5.41) is 7.24. The number of carbonyl (C=O) groups is 2. The molecule has 1 aliphatic rings. The molecule has 1 aliphatic carbocycles. The lowest BCUT2D eigenvalue weighted by Gasteiger charge is -2.07. The van der Waals surface area contributed by atoms with Crippen LogP contribution in [0, 0.1) is 0 Å². The summed E-state index contributed by atoms with van der Waals surface area (Å²) in [7, 11) is 0. The van der Waals surface area contributed by atoms with E-state index in [-0.39, 0.29) is 12.5 Å². The Hall–Kier alpha value is -3.41. The molecule has 0 atom stereocenters. The van der Waals surface area contributed by atoms with Gasteiger partial charge < -0.3 is 10.1 Å². The number of esters is 1. The minimum atomic E-state index is -0.561. The van der Waals surface area contributed by atoms with Gasteiger partial charge in [-0.25, -0.2) is 9.48 Å². The quantitative estimate of drug-likeness (QED) is 0.652. The fourth-order valence-electron chi connectivity index (χ4n) is 3.60. The van der Waals surface area contributed by atoms with Crippen LogP contribution in [0.1, 0.15) is 40.7 Å². The second-order valence-electron chi connectivity index (χ2n) is 7.05. The van der Waals surface area contributed by atoms with Crippen molar-refractivity contribution in [2.24, 2.45) is 0 Å². The van der Waals surface area contributed by atoms with E-state index >= 15 is 0 Å². The Bertz CT molecular complexity index is 1020. The number of para-hydroxylation sites is 1. The first kappa shape index (κ1) is 18.9. The molecule has 4 rings (SSSR count). The molecule has 0 aliphatic heterocycles. The van der Waals surface area contributed by atoms with Crippen molar-refractivity contribution in [3.05, 3.63) is 77.1 Å². The predicted octanol–water partition coefficient (Wildman–Crippen LogP) is 3.72. The average Bonchev–Trinajstić information content (AvgIpc) is 3.36. The third-order valence-electron chi connectivity index (χ3n) is 5.10. The molecule has 1 amide bonds. The SMILES string of the molecule is CCc1ccc(NC(=O)COC(=O)c2nn(-c3ccccc3)c3c2CCC3)cc1. The van der Waals surface area contributed by atoms with Gasteiger partial charge in [-0.15, -0.1) is 0 Å². The highest BCUT2D eigenvalue weighted by atomic mass is 16.5. The van der Waals surface area contributed by atoms with Crippen LogP contribution in [0.3, 0.4) is 0 Å². The molecule has 0 bridgehead atoms. The van der Waals surface area contributed by atoms with E-state index in [0.29, 0.717) is 11.4 Å². The van der Waals surface area contributed by atoms with Gasteiger partial charge >= 0.3 is 5.97 Å². The topological polar surface area (TPSA) is 73.2 Å². The Morgan fingerprint density at radius 2 is 1.83 bits per heavy atom. The highest BCUT2D eigenvalue weighted by Gasteiger charge is 2.28. The first-order chi connectivity index (χ1) is 14.2. The summed E-state index contributed by atoms with van der Waals surface area (Å²) < 4.78 is 7.07. The van der Waals surface area contributed by atoms with Crippen LogP contribution in [-0.4, -0.2) is 28.3 Å². The van der Waals surface area contributed by atoms with Crippen molar-refractivity contribution in [3.63, 3.8) is 0 Å². The van der Waals surface area contributed by atoms with Crippen molar-refractivity contribution < 1.29 is 14.3 Å². The van der Waals surface area contributed by atoms with Crippen LogP contribution in [0.5, 0.6) is 0 Å². The highest BCUT2D eigenvalue weighted by Crippen LogP contribution is 2.28. The molecular formula is C23H23N3O3. The molecule has 0 radical (unpaired) electrons. The van der Waals surface area contributed by atoms with Crippen LogP contribution in [0.25, 0.3) is 5.69 Å². The van der Waals surface area contributed by atoms with E-state index in [1.807, 2.05) is 59.3 Å². The van der Waals surface area contributed by atoms with E-state index in [1.165, 1.54) is 5.56 Å². The normalized spacial score (nSPS) is 12.4. The Morgan fingerprint density at radius 1 is 1.07 bits per heavy atom. The first-order valence-corrected chi connectivity index (χ1v) is 9.88.